The molecule has 1 rings (SSSR count). The maximum atomic E-state index is 11.7. The Kier molecular flexibility index (Phi) is 3.68. The second-order valence-corrected chi connectivity index (χ2v) is 3.87. The van der Waals surface area contributed by atoms with E-state index in [9.17, 15) is 9.59 Å². The van der Waals surface area contributed by atoms with Crippen molar-refractivity contribution in [1.82, 2.24) is 9.80 Å². The zero-order valence-electron chi connectivity index (χ0n) is 9.43. The Bertz CT molecular complexity index is 265. The number of nitrogens with zero attached hydrogens (tertiary/aromatic N) is 2. The fraction of sp³-hybridized carbons (Fsp3) is 0.800. The maximum Gasteiger partial charge on any atom is 0.327 e. The summed E-state index contributed by atoms with van der Waals surface area (Å²) in [4.78, 5) is 26.1. The van der Waals surface area contributed by atoms with Crippen LogP contribution in [0.4, 0.5) is 4.79 Å². The molecular weight excluding hydrogens is 196 g/mol. The molecule has 2 atom stereocenters. The fourth-order valence-corrected chi connectivity index (χ4v) is 1.68. The average molecular weight is 214 g/mol. The predicted molar refractivity (Wildman–Crippen MR) is 55.2 cm³/mol. The summed E-state index contributed by atoms with van der Waals surface area (Å²) in [6.45, 7) is 6.01. The topological polar surface area (TPSA) is 60.9 Å². The summed E-state index contributed by atoms with van der Waals surface area (Å²) in [5.41, 5.74) is 0. The van der Waals surface area contributed by atoms with E-state index in [4.69, 9.17) is 5.11 Å². The van der Waals surface area contributed by atoms with Crippen LogP contribution >= 0.6 is 0 Å². The van der Waals surface area contributed by atoms with Gasteiger partial charge in [0, 0.05) is 13.1 Å². The van der Waals surface area contributed by atoms with Crippen LogP contribution in [0.1, 0.15) is 27.2 Å². The van der Waals surface area contributed by atoms with Crippen molar-refractivity contribution in [1.29, 1.82) is 0 Å². The molecule has 1 N–H and O–H groups in total. The second-order valence-electron chi connectivity index (χ2n) is 3.87. The first-order chi connectivity index (χ1) is 6.99. The standard InChI is InChI=1S/C10H18N2O3/c1-4-11-9(14)8(3)12(10(11)15)6-5-7(2)13/h7-8,13H,4-6H2,1-3H3. The molecule has 0 aromatic heterocycles. The Hall–Kier alpha value is -1.10. The molecule has 0 radical (unpaired) electrons. The largest absolute Gasteiger partial charge is 0.393 e. The lowest BCUT2D eigenvalue weighted by Crippen LogP contribution is -2.35. The number of aliphatic hydroxyl groups excluding tert-OH is 1. The number of carbonyl (C=O) groups is 2. The number of urea groups is 1. The monoisotopic (exact) mass is 214 g/mol. The van der Waals surface area contributed by atoms with E-state index in [2.05, 4.69) is 0 Å². The van der Waals surface area contributed by atoms with E-state index in [-0.39, 0.29) is 11.9 Å². The molecule has 1 aliphatic heterocycles. The van der Waals surface area contributed by atoms with E-state index in [0.29, 0.717) is 19.5 Å². The van der Waals surface area contributed by atoms with Crippen molar-refractivity contribution < 1.29 is 14.7 Å². The minimum atomic E-state index is -0.448. The van der Waals surface area contributed by atoms with E-state index < -0.39 is 12.1 Å². The van der Waals surface area contributed by atoms with Gasteiger partial charge in [0.05, 0.1) is 6.10 Å². The van der Waals surface area contributed by atoms with Crippen molar-refractivity contribution in [3.63, 3.8) is 0 Å². The number of amides is 3. The third kappa shape index (κ3) is 2.28. The molecule has 0 spiro atoms. The number of likely N-dealkylation sites (N-methyl/N-ethyl adjacent to an activating group) is 1. The van der Waals surface area contributed by atoms with Crippen LogP contribution in [0, 0.1) is 0 Å². The van der Waals surface area contributed by atoms with Crippen LogP contribution in [-0.2, 0) is 4.79 Å². The Morgan fingerprint density at radius 3 is 2.47 bits per heavy atom. The van der Waals surface area contributed by atoms with Gasteiger partial charge >= 0.3 is 6.03 Å². The molecule has 1 fully saturated rings. The third-order valence-corrected chi connectivity index (χ3v) is 2.67. The minimum Gasteiger partial charge on any atom is -0.393 e. The lowest BCUT2D eigenvalue weighted by molar-refractivity contribution is -0.127. The quantitative estimate of drug-likeness (QED) is 0.690. The van der Waals surface area contributed by atoms with Crippen LogP contribution in [0.25, 0.3) is 0 Å². The van der Waals surface area contributed by atoms with E-state index in [1.807, 2.05) is 0 Å². The smallest absolute Gasteiger partial charge is 0.327 e. The summed E-state index contributed by atoms with van der Waals surface area (Å²) >= 11 is 0. The molecule has 1 saturated heterocycles. The highest BCUT2D eigenvalue weighted by Crippen LogP contribution is 2.17. The van der Waals surface area contributed by atoms with Gasteiger partial charge in [0.1, 0.15) is 6.04 Å². The summed E-state index contributed by atoms with van der Waals surface area (Å²) in [6.07, 6.45) is 0.0526. The molecule has 1 heterocycles. The Labute approximate surface area is 89.7 Å². The highest BCUT2D eigenvalue weighted by Gasteiger charge is 2.40. The molecule has 0 aromatic carbocycles. The molecule has 3 amide bonds. The van der Waals surface area contributed by atoms with Crippen LogP contribution < -0.4 is 0 Å². The van der Waals surface area contributed by atoms with Gasteiger partial charge in [-0.25, -0.2) is 4.79 Å². The highest BCUT2D eigenvalue weighted by molar-refractivity contribution is 6.03. The Morgan fingerprint density at radius 1 is 1.47 bits per heavy atom. The van der Waals surface area contributed by atoms with E-state index in [1.54, 1.807) is 20.8 Å². The van der Waals surface area contributed by atoms with Gasteiger partial charge in [-0.05, 0) is 27.2 Å². The molecule has 5 nitrogen and oxygen atoms in total. The molecular formula is C10H18N2O3. The molecule has 0 aromatic rings. The van der Waals surface area contributed by atoms with Crippen LogP contribution in [0.5, 0.6) is 0 Å². The second kappa shape index (κ2) is 4.61. The molecule has 0 aliphatic carbocycles. The van der Waals surface area contributed by atoms with Gasteiger partial charge in [-0.1, -0.05) is 0 Å². The van der Waals surface area contributed by atoms with Gasteiger partial charge in [0.25, 0.3) is 5.91 Å². The normalized spacial score (nSPS) is 23.9. The van der Waals surface area contributed by atoms with Crippen molar-refractivity contribution in [2.45, 2.75) is 39.3 Å². The lowest BCUT2D eigenvalue weighted by atomic mass is 10.2. The number of carbonyl (C=O) groups excluding carboxylic acids is 2. The average Bonchev–Trinajstić information content (AvgIpc) is 2.36. The molecule has 1 aliphatic rings. The summed E-state index contributed by atoms with van der Waals surface area (Å²) in [6, 6.07) is -0.633. The van der Waals surface area contributed by atoms with Crippen molar-refractivity contribution >= 4 is 11.9 Å². The SMILES string of the molecule is CCN1C(=O)C(C)N(CCC(C)O)C1=O. The molecule has 0 saturated carbocycles. The first kappa shape index (κ1) is 12.0. The van der Waals surface area contributed by atoms with Crippen LogP contribution in [0.3, 0.4) is 0 Å². The van der Waals surface area contributed by atoms with Gasteiger partial charge in [-0.15, -0.1) is 0 Å². The molecule has 0 bridgehead atoms. The van der Waals surface area contributed by atoms with E-state index in [0.717, 1.165) is 0 Å². The Balaban J connectivity index is 2.66. The van der Waals surface area contributed by atoms with Crippen molar-refractivity contribution in [2.24, 2.45) is 0 Å². The van der Waals surface area contributed by atoms with Crippen molar-refractivity contribution in [3.05, 3.63) is 0 Å². The minimum absolute atomic E-state index is 0.145. The Morgan fingerprint density at radius 2 is 2.07 bits per heavy atom. The summed E-state index contributed by atoms with van der Waals surface area (Å²) in [7, 11) is 0. The van der Waals surface area contributed by atoms with Crippen LogP contribution in [-0.4, -0.2) is 52.1 Å². The van der Waals surface area contributed by atoms with Crippen LogP contribution in [0.15, 0.2) is 0 Å². The number of rotatable bonds is 4. The number of hydrogen-bond acceptors (Lipinski definition) is 3. The van der Waals surface area contributed by atoms with Crippen molar-refractivity contribution in [2.75, 3.05) is 13.1 Å². The zero-order valence-corrected chi connectivity index (χ0v) is 9.43. The fourth-order valence-electron chi connectivity index (χ4n) is 1.68. The van der Waals surface area contributed by atoms with Gasteiger partial charge < -0.3 is 10.0 Å². The van der Waals surface area contributed by atoms with E-state index in [1.165, 1.54) is 9.80 Å². The molecule has 5 heteroatoms. The maximum absolute atomic E-state index is 11.7. The summed E-state index contributed by atoms with van der Waals surface area (Å²) in [5, 5.41) is 9.14. The molecule has 2 unspecified atom stereocenters. The first-order valence-corrected chi connectivity index (χ1v) is 5.29. The third-order valence-electron chi connectivity index (χ3n) is 2.67. The number of hydrogen-bond donors (Lipinski definition) is 1. The van der Waals surface area contributed by atoms with Crippen molar-refractivity contribution in [3.8, 4) is 0 Å². The molecule has 86 valence electrons. The summed E-state index contributed by atoms with van der Waals surface area (Å²) in [5.74, 6) is -0.145. The molecule has 15 heavy (non-hydrogen) atoms. The van der Waals surface area contributed by atoms with Crippen LogP contribution in [0.2, 0.25) is 0 Å². The number of imide groups is 1. The van der Waals surface area contributed by atoms with Gasteiger partial charge in [-0.2, -0.15) is 0 Å². The summed E-state index contributed by atoms with van der Waals surface area (Å²) < 4.78 is 0. The number of aliphatic hydroxyl groups is 1. The zero-order chi connectivity index (χ0) is 11.6. The lowest BCUT2D eigenvalue weighted by Gasteiger charge is -2.19. The van der Waals surface area contributed by atoms with Gasteiger partial charge in [-0.3, -0.25) is 9.69 Å². The first-order valence-electron chi connectivity index (χ1n) is 5.29. The van der Waals surface area contributed by atoms with E-state index >= 15 is 0 Å². The van der Waals surface area contributed by atoms with Gasteiger partial charge in [0.2, 0.25) is 0 Å². The predicted octanol–water partition coefficient (Wildman–Crippen LogP) is 0.430. The highest BCUT2D eigenvalue weighted by atomic mass is 16.3. The van der Waals surface area contributed by atoms with Gasteiger partial charge in [0.15, 0.2) is 0 Å².